The fourth-order valence-electron chi connectivity index (χ4n) is 4.25. The van der Waals surface area contributed by atoms with Crippen LogP contribution in [0, 0.1) is 25.2 Å². The van der Waals surface area contributed by atoms with Crippen LogP contribution in [0.1, 0.15) is 35.9 Å². The maximum absolute atomic E-state index is 13.1. The molecule has 4 rings (SSSR count). The molecule has 1 aliphatic rings. The van der Waals surface area contributed by atoms with Crippen molar-refractivity contribution in [3.05, 3.63) is 65.2 Å². The van der Waals surface area contributed by atoms with Crippen LogP contribution in [0.2, 0.25) is 0 Å². The quantitative estimate of drug-likeness (QED) is 0.515. The van der Waals surface area contributed by atoms with Gasteiger partial charge in [-0.05, 0) is 56.6 Å². The number of nitrogens with zero attached hydrogens (tertiary/aromatic N) is 3. The van der Waals surface area contributed by atoms with Gasteiger partial charge in [0, 0.05) is 12.2 Å². The van der Waals surface area contributed by atoms with Gasteiger partial charge in [0.2, 0.25) is 5.91 Å². The summed E-state index contributed by atoms with van der Waals surface area (Å²) in [6.07, 6.45) is 2.34. The lowest BCUT2D eigenvalue weighted by Crippen LogP contribution is -2.44. The van der Waals surface area contributed by atoms with Crippen molar-refractivity contribution in [2.45, 2.75) is 39.8 Å². The summed E-state index contributed by atoms with van der Waals surface area (Å²) >= 11 is 0. The molecule has 2 aromatic heterocycles. The highest BCUT2D eigenvalue weighted by atomic mass is 16.6. The molecule has 0 radical (unpaired) electrons. The molecule has 1 aromatic carbocycles. The van der Waals surface area contributed by atoms with Gasteiger partial charge in [-0.25, -0.2) is 0 Å². The second-order valence-electron chi connectivity index (χ2n) is 8.49. The van der Waals surface area contributed by atoms with Crippen molar-refractivity contribution in [2.75, 3.05) is 31.6 Å². The number of benzene rings is 1. The van der Waals surface area contributed by atoms with Gasteiger partial charge in [0.05, 0.1) is 24.9 Å². The van der Waals surface area contributed by atoms with Crippen LogP contribution in [0.5, 0.6) is 11.5 Å². The Morgan fingerprint density at radius 1 is 1.24 bits per heavy atom. The van der Waals surface area contributed by atoms with Gasteiger partial charge >= 0.3 is 0 Å². The van der Waals surface area contributed by atoms with Crippen molar-refractivity contribution < 1.29 is 18.7 Å². The first-order chi connectivity index (χ1) is 16.5. The van der Waals surface area contributed by atoms with Crippen molar-refractivity contribution >= 4 is 11.7 Å². The van der Waals surface area contributed by atoms with E-state index < -0.39 is 0 Å². The van der Waals surface area contributed by atoms with Crippen LogP contribution < -0.4 is 14.8 Å². The van der Waals surface area contributed by atoms with E-state index in [9.17, 15) is 10.1 Å². The van der Waals surface area contributed by atoms with E-state index in [-0.39, 0.29) is 18.6 Å². The van der Waals surface area contributed by atoms with E-state index in [1.807, 2.05) is 54.8 Å². The van der Waals surface area contributed by atoms with Gasteiger partial charge in [-0.3, -0.25) is 9.69 Å². The van der Waals surface area contributed by atoms with Crippen LogP contribution >= 0.6 is 0 Å². The topological polar surface area (TPSA) is 92.7 Å². The van der Waals surface area contributed by atoms with Crippen LogP contribution in [0.4, 0.5) is 5.82 Å². The molecule has 0 fully saturated rings. The van der Waals surface area contributed by atoms with Crippen molar-refractivity contribution in [2.24, 2.45) is 0 Å². The molecule has 8 heteroatoms. The minimum Gasteiger partial charge on any atom is -0.486 e. The molecular weight excluding hydrogens is 432 g/mol. The van der Waals surface area contributed by atoms with Crippen molar-refractivity contribution in [3.8, 4) is 17.6 Å². The molecule has 178 valence electrons. The van der Waals surface area contributed by atoms with Gasteiger partial charge in [-0.1, -0.05) is 19.1 Å². The molecule has 1 amide bonds. The Hall–Kier alpha value is -3.70. The first kappa shape index (κ1) is 23.5. The predicted octanol–water partition coefficient (Wildman–Crippen LogP) is 4.11. The fraction of sp³-hybridized carbons (Fsp3) is 0.385. The Labute approximate surface area is 199 Å². The molecule has 34 heavy (non-hydrogen) atoms. The Balaban J connectivity index is 1.46. The summed E-state index contributed by atoms with van der Waals surface area (Å²) in [6.45, 7) is 8.26. The molecule has 0 bridgehead atoms. The fourth-order valence-corrected chi connectivity index (χ4v) is 4.25. The highest BCUT2D eigenvalue weighted by Gasteiger charge is 2.25. The average molecular weight is 463 g/mol. The molecule has 1 atom stereocenters. The number of nitriles is 1. The lowest BCUT2D eigenvalue weighted by molar-refractivity contribution is -0.117. The van der Waals surface area contributed by atoms with Crippen LogP contribution in [-0.4, -0.2) is 47.7 Å². The number of nitrogens with one attached hydrogen (secondary N) is 1. The summed E-state index contributed by atoms with van der Waals surface area (Å²) in [5.41, 5.74) is 2.24. The molecule has 0 saturated carbocycles. The second kappa shape index (κ2) is 10.5. The molecule has 3 heterocycles. The van der Waals surface area contributed by atoms with E-state index in [2.05, 4.69) is 23.2 Å². The smallest absolute Gasteiger partial charge is 0.239 e. The molecule has 3 aromatic rings. The van der Waals surface area contributed by atoms with Crippen LogP contribution in [0.25, 0.3) is 0 Å². The van der Waals surface area contributed by atoms with Crippen LogP contribution in [-0.2, 0) is 11.3 Å². The van der Waals surface area contributed by atoms with Crippen molar-refractivity contribution in [1.29, 1.82) is 5.26 Å². The number of anilines is 1. The Morgan fingerprint density at radius 2 is 2.03 bits per heavy atom. The zero-order valence-corrected chi connectivity index (χ0v) is 19.8. The van der Waals surface area contributed by atoms with Crippen molar-refractivity contribution in [3.63, 3.8) is 0 Å². The van der Waals surface area contributed by atoms with E-state index in [4.69, 9.17) is 13.9 Å². The summed E-state index contributed by atoms with van der Waals surface area (Å²) in [5.74, 6) is 2.54. The standard InChI is InChI=1S/C26H30N4O4/c1-4-11-29(14-21-17-33-23-9-5-6-10-24(23)34-21)16-25(31)28-26-22(13-27)18(2)19(3)30(26)15-20-8-7-12-32-20/h5-10,12,21H,4,11,14-17H2,1-3H3,(H,28,31). The maximum atomic E-state index is 13.1. The minimum absolute atomic E-state index is 0.170. The van der Waals surface area contributed by atoms with Gasteiger partial charge in [0.1, 0.15) is 30.4 Å². The summed E-state index contributed by atoms with van der Waals surface area (Å²) in [5, 5.41) is 12.8. The van der Waals surface area contributed by atoms with E-state index in [1.165, 1.54) is 0 Å². The zero-order valence-electron chi connectivity index (χ0n) is 19.8. The number of amides is 1. The van der Waals surface area contributed by atoms with E-state index in [0.29, 0.717) is 31.1 Å². The number of para-hydroxylation sites is 2. The van der Waals surface area contributed by atoms with Gasteiger partial charge < -0.3 is 23.8 Å². The lowest BCUT2D eigenvalue weighted by atomic mass is 10.2. The number of rotatable bonds is 9. The van der Waals surface area contributed by atoms with E-state index in [0.717, 1.165) is 41.5 Å². The molecule has 1 aliphatic heterocycles. The minimum atomic E-state index is -0.180. The summed E-state index contributed by atoms with van der Waals surface area (Å²) in [4.78, 5) is 15.2. The van der Waals surface area contributed by atoms with Gasteiger partial charge in [0.25, 0.3) is 0 Å². The van der Waals surface area contributed by atoms with Crippen LogP contribution in [0.3, 0.4) is 0 Å². The first-order valence-corrected chi connectivity index (χ1v) is 11.5. The summed E-state index contributed by atoms with van der Waals surface area (Å²) < 4.78 is 19.3. The highest BCUT2D eigenvalue weighted by molar-refractivity contribution is 5.93. The van der Waals surface area contributed by atoms with Gasteiger partial charge in [-0.2, -0.15) is 5.26 Å². The third-order valence-electron chi connectivity index (χ3n) is 6.03. The first-order valence-electron chi connectivity index (χ1n) is 11.5. The monoisotopic (exact) mass is 462 g/mol. The molecule has 8 nitrogen and oxygen atoms in total. The normalized spacial score (nSPS) is 14.7. The number of fused-ring (bicyclic) bond motifs is 1. The molecule has 0 spiro atoms. The van der Waals surface area contributed by atoms with Crippen molar-refractivity contribution in [1.82, 2.24) is 9.47 Å². The van der Waals surface area contributed by atoms with Gasteiger partial charge in [-0.15, -0.1) is 0 Å². The second-order valence-corrected chi connectivity index (χ2v) is 8.49. The molecule has 1 unspecified atom stereocenters. The Morgan fingerprint density at radius 3 is 2.74 bits per heavy atom. The highest BCUT2D eigenvalue weighted by Crippen LogP contribution is 2.31. The number of hydrogen-bond acceptors (Lipinski definition) is 6. The largest absolute Gasteiger partial charge is 0.486 e. The zero-order chi connectivity index (χ0) is 24.1. The third kappa shape index (κ3) is 5.10. The summed E-state index contributed by atoms with van der Waals surface area (Å²) in [6, 6.07) is 13.5. The maximum Gasteiger partial charge on any atom is 0.239 e. The number of carbonyl (C=O) groups excluding carboxylic acids is 1. The van der Waals surface area contributed by atoms with Gasteiger partial charge in [0.15, 0.2) is 11.5 Å². The number of hydrogen-bond donors (Lipinski definition) is 1. The lowest BCUT2D eigenvalue weighted by Gasteiger charge is -2.31. The predicted molar refractivity (Wildman–Crippen MR) is 128 cm³/mol. The van der Waals surface area contributed by atoms with E-state index in [1.54, 1.807) is 6.26 Å². The van der Waals surface area contributed by atoms with E-state index >= 15 is 0 Å². The number of aromatic nitrogens is 1. The van der Waals surface area contributed by atoms with Crippen LogP contribution in [0.15, 0.2) is 47.1 Å². The SMILES string of the molecule is CCCN(CC(=O)Nc1c(C#N)c(C)c(C)n1Cc1ccco1)CC1COc2ccccc2O1. The molecule has 1 N–H and O–H groups in total. The molecular formula is C26H30N4O4. The Kier molecular flexibility index (Phi) is 7.24. The third-order valence-corrected chi connectivity index (χ3v) is 6.03. The summed E-state index contributed by atoms with van der Waals surface area (Å²) in [7, 11) is 0. The molecule has 0 aliphatic carbocycles. The number of carbonyl (C=O) groups is 1. The number of ether oxygens (including phenoxy) is 2. The Bertz CT molecular complexity index is 1180. The number of furan rings is 1. The average Bonchev–Trinajstić information content (AvgIpc) is 3.42. The molecule has 0 saturated heterocycles.